The lowest BCUT2D eigenvalue weighted by Gasteiger charge is -2.20. The van der Waals surface area contributed by atoms with Crippen LogP contribution in [0.1, 0.15) is 28.9 Å². The molecular formula is C10H9BrFNO2S. The van der Waals surface area contributed by atoms with Gasteiger partial charge in [-0.15, -0.1) is 4.31 Å². The van der Waals surface area contributed by atoms with Crippen LogP contribution in [-0.4, -0.2) is 21.0 Å². The molecule has 1 amide bonds. The molecule has 0 radical (unpaired) electrons. The summed E-state index contributed by atoms with van der Waals surface area (Å²) in [5.74, 6) is -0.832. The van der Waals surface area contributed by atoms with Gasteiger partial charge in [0.1, 0.15) is 18.1 Å². The van der Waals surface area contributed by atoms with Crippen LogP contribution >= 0.6 is 15.9 Å². The van der Waals surface area contributed by atoms with E-state index < -0.39 is 23.2 Å². The van der Waals surface area contributed by atoms with Crippen molar-refractivity contribution in [2.24, 2.45) is 0 Å². The van der Waals surface area contributed by atoms with Crippen LogP contribution in [0.2, 0.25) is 0 Å². The maximum Gasteiger partial charge on any atom is 0.295 e. The molecule has 6 heteroatoms. The van der Waals surface area contributed by atoms with E-state index in [-0.39, 0.29) is 11.5 Å². The Morgan fingerprint density at radius 1 is 1.56 bits per heavy atom. The third-order valence-corrected chi connectivity index (χ3v) is 4.07. The minimum Gasteiger partial charge on any atom is -0.593 e. The van der Waals surface area contributed by atoms with E-state index in [0.717, 1.165) is 0 Å². The molecular weight excluding hydrogens is 297 g/mol. The molecule has 1 aliphatic rings. The topological polar surface area (TPSA) is 43.4 Å². The van der Waals surface area contributed by atoms with Crippen LogP contribution in [0, 0.1) is 5.82 Å². The molecule has 0 saturated carbocycles. The van der Waals surface area contributed by atoms with Gasteiger partial charge in [-0.1, -0.05) is 15.9 Å². The van der Waals surface area contributed by atoms with Gasteiger partial charge in [0.05, 0.1) is 16.9 Å². The minimum atomic E-state index is -1.44. The fourth-order valence-corrected chi connectivity index (χ4v) is 3.25. The summed E-state index contributed by atoms with van der Waals surface area (Å²) in [5.41, 5.74) is 0.609. The number of hydrogen-bond acceptors (Lipinski definition) is 2. The molecule has 1 aromatic carbocycles. The first-order valence-electron chi connectivity index (χ1n) is 4.59. The van der Waals surface area contributed by atoms with Gasteiger partial charge in [0.2, 0.25) is 0 Å². The zero-order chi connectivity index (χ0) is 12.0. The molecule has 0 spiro atoms. The van der Waals surface area contributed by atoms with Crippen molar-refractivity contribution < 1.29 is 13.7 Å². The zero-order valence-electron chi connectivity index (χ0n) is 8.66. The third-order valence-electron chi connectivity index (χ3n) is 2.57. The highest BCUT2D eigenvalue weighted by molar-refractivity contribution is 9.10. The molecule has 1 aromatic rings. The normalized spacial score (nSPS) is 21.2. The van der Waals surface area contributed by atoms with Crippen molar-refractivity contribution in [1.82, 2.24) is 4.31 Å². The molecule has 1 heterocycles. The average molecular weight is 306 g/mol. The highest BCUT2D eigenvalue weighted by atomic mass is 79.9. The SMILES string of the molecule is CC1c2c(F)cc(Br)cc2C(=O)N1[S+](C)[O-]. The molecule has 0 N–H and O–H groups in total. The Balaban J connectivity index is 2.59. The zero-order valence-corrected chi connectivity index (χ0v) is 11.1. The lowest BCUT2D eigenvalue weighted by Crippen LogP contribution is -2.32. The van der Waals surface area contributed by atoms with Crippen LogP contribution in [0.4, 0.5) is 4.39 Å². The quantitative estimate of drug-likeness (QED) is 0.748. The van der Waals surface area contributed by atoms with Gasteiger partial charge < -0.3 is 4.55 Å². The molecule has 86 valence electrons. The molecule has 3 nitrogen and oxygen atoms in total. The summed E-state index contributed by atoms with van der Waals surface area (Å²) in [6.45, 7) is 1.67. The second-order valence-electron chi connectivity index (χ2n) is 3.58. The van der Waals surface area contributed by atoms with E-state index in [2.05, 4.69) is 15.9 Å². The highest BCUT2D eigenvalue weighted by Crippen LogP contribution is 2.38. The van der Waals surface area contributed by atoms with Gasteiger partial charge in [-0.3, -0.25) is 4.79 Å². The number of nitrogens with zero attached hydrogens (tertiary/aromatic N) is 1. The van der Waals surface area contributed by atoms with E-state index >= 15 is 0 Å². The summed E-state index contributed by atoms with van der Waals surface area (Å²) in [6, 6.07) is 2.39. The van der Waals surface area contributed by atoms with Crippen molar-refractivity contribution in [3.8, 4) is 0 Å². The number of rotatable bonds is 1. The third kappa shape index (κ3) is 1.65. The molecule has 2 atom stereocenters. The van der Waals surface area contributed by atoms with E-state index in [1.54, 1.807) is 13.0 Å². The molecule has 0 bridgehead atoms. The Kier molecular flexibility index (Phi) is 2.98. The number of amides is 1. The number of carbonyl (C=O) groups excluding carboxylic acids is 1. The maximum absolute atomic E-state index is 13.7. The fraction of sp³-hybridized carbons (Fsp3) is 0.300. The number of fused-ring (bicyclic) bond motifs is 1. The number of benzene rings is 1. The van der Waals surface area contributed by atoms with Crippen LogP contribution in [0.3, 0.4) is 0 Å². The van der Waals surface area contributed by atoms with Gasteiger partial charge in [-0.2, -0.15) is 0 Å². The van der Waals surface area contributed by atoms with Gasteiger partial charge in [-0.05, 0) is 19.1 Å². The Labute approximate surface area is 104 Å². The van der Waals surface area contributed by atoms with Crippen LogP contribution in [-0.2, 0) is 11.4 Å². The number of halogens is 2. The molecule has 1 aliphatic heterocycles. The van der Waals surface area contributed by atoms with Crippen molar-refractivity contribution in [3.63, 3.8) is 0 Å². The largest absolute Gasteiger partial charge is 0.593 e. The summed E-state index contributed by atoms with van der Waals surface area (Å²) in [5, 5.41) is 0. The minimum absolute atomic E-state index is 0.287. The second kappa shape index (κ2) is 4.01. The summed E-state index contributed by atoms with van der Waals surface area (Å²) in [7, 11) is 0. The Morgan fingerprint density at radius 3 is 2.75 bits per heavy atom. The number of hydrogen-bond donors (Lipinski definition) is 0. The van der Waals surface area contributed by atoms with E-state index in [9.17, 15) is 13.7 Å². The van der Waals surface area contributed by atoms with Gasteiger partial charge in [-0.25, -0.2) is 4.39 Å². The molecule has 0 aromatic heterocycles. The molecule has 0 saturated heterocycles. The van der Waals surface area contributed by atoms with E-state index in [0.29, 0.717) is 10.0 Å². The van der Waals surface area contributed by atoms with Crippen LogP contribution in [0.25, 0.3) is 0 Å². The highest BCUT2D eigenvalue weighted by Gasteiger charge is 2.42. The summed E-state index contributed by atoms with van der Waals surface area (Å²) in [4.78, 5) is 11.9. The van der Waals surface area contributed by atoms with Crippen LogP contribution < -0.4 is 0 Å². The Morgan fingerprint density at radius 2 is 2.19 bits per heavy atom. The standard InChI is InChI=1S/C10H9BrFNO2S/c1-5-9-7(3-6(11)4-8(9)12)10(14)13(5)16(2)15/h3-5H,1-2H3. The van der Waals surface area contributed by atoms with E-state index in [4.69, 9.17) is 0 Å². The maximum atomic E-state index is 13.7. The Hall–Kier alpha value is -0.590. The molecule has 2 unspecified atom stereocenters. The second-order valence-corrected chi connectivity index (χ2v) is 5.74. The van der Waals surface area contributed by atoms with Gasteiger partial charge in [0.15, 0.2) is 0 Å². The van der Waals surface area contributed by atoms with Gasteiger partial charge >= 0.3 is 0 Å². The first-order chi connectivity index (χ1) is 7.43. The molecule has 0 fully saturated rings. The average Bonchev–Trinajstić information content (AvgIpc) is 2.38. The van der Waals surface area contributed by atoms with Gasteiger partial charge in [0.25, 0.3) is 5.91 Å². The van der Waals surface area contributed by atoms with Crippen molar-refractivity contribution in [1.29, 1.82) is 0 Å². The summed E-state index contributed by atoms with van der Waals surface area (Å²) in [6.07, 6.45) is 1.41. The van der Waals surface area contributed by atoms with E-state index in [1.165, 1.54) is 16.6 Å². The van der Waals surface area contributed by atoms with Crippen molar-refractivity contribution in [3.05, 3.63) is 33.5 Å². The smallest absolute Gasteiger partial charge is 0.295 e. The summed E-state index contributed by atoms with van der Waals surface area (Å²) >= 11 is 1.69. The van der Waals surface area contributed by atoms with Crippen molar-refractivity contribution >= 4 is 33.2 Å². The van der Waals surface area contributed by atoms with Crippen LogP contribution in [0.5, 0.6) is 0 Å². The Bertz CT molecular complexity index is 466. The number of carbonyl (C=O) groups is 1. The first-order valence-corrected chi connectivity index (χ1v) is 6.90. The predicted octanol–water partition coefficient (Wildman–Crippen LogP) is 2.40. The monoisotopic (exact) mass is 305 g/mol. The first kappa shape index (κ1) is 11.9. The molecule has 16 heavy (non-hydrogen) atoms. The lowest BCUT2D eigenvalue weighted by molar-refractivity contribution is 0.0860. The van der Waals surface area contributed by atoms with Gasteiger partial charge in [0, 0.05) is 10.0 Å². The lowest BCUT2D eigenvalue weighted by atomic mass is 10.1. The van der Waals surface area contributed by atoms with Crippen LogP contribution in [0.15, 0.2) is 16.6 Å². The fourth-order valence-electron chi connectivity index (χ4n) is 1.94. The van der Waals surface area contributed by atoms with Crippen molar-refractivity contribution in [2.45, 2.75) is 13.0 Å². The summed E-state index contributed by atoms with van der Waals surface area (Å²) < 4.78 is 26.8. The van der Waals surface area contributed by atoms with E-state index in [1.807, 2.05) is 0 Å². The van der Waals surface area contributed by atoms with Crippen molar-refractivity contribution in [2.75, 3.05) is 6.26 Å². The predicted molar refractivity (Wildman–Crippen MR) is 62.8 cm³/mol. The molecule has 2 rings (SSSR count). The molecule has 0 aliphatic carbocycles.